The smallest absolute Gasteiger partial charge is 0.206 e. The number of aliphatic hydroxyl groups excluding tert-OH is 1. The zero-order valence-electron chi connectivity index (χ0n) is 18.4. The maximum absolute atomic E-state index is 12.9. The fourth-order valence-corrected chi connectivity index (χ4v) is 4.91. The third-order valence-corrected chi connectivity index (χ3v) is 7.28. The Balaban J connectivity index is 1.64. The summed E-state index contributed by atoms with van der Waals surface area (Å²) in [5, 5.41) is 14.4. The van der Waals surface area contributed by atoms with Crippen LogP contribution in [0.3, 0.4) is 0 Å². The lowest BCUT2D eigenvalue weighted by Gasteiger charge is -2.28. The maximum atomic E-state index is 12.9. The van der Waals surface area contributed by atoms with E-state index in [0.717, 1.165) is 11.1 Å². The number of aliphatic hydroxyl groups is 1. The number of methoxy groups -OCH3 is 1. The lowest BCUT2D eigenvalue weighted by atomic mass is 9.94. The van der Waals surface area contributed by atoms with Gasteiger partial charge in [-0.1, -0.05) is 35.9 Å². The van der Waals surface area contributed by atoms with E-state index in [4.69, 9.17) is 16.3 Å². The van der Waals surface area contributed by atoms with E-state index in [0.29, 0.717) is 23.7 Å². The molecule has 32 heavy (non-hydrogen) atoms. The van der Waals surface area contributed by atoms with E-state index in [1.807, 2.05) is 38.1 Å². The molecule has 1 atom stereocenters. The SMILES string of the molecule is COc1ccc(S(=O)(=O)c2ccc(CC(C)(C)NC[C@H](O)c3cccc(Cl)c3)cc2)cc1. The van der Waals surface area contributed by atoms with E-state index in [2.05, 4.69) is 5.32 Å². The van der Waals surface area contributed by atoms with E-state index in [1.54, 1.807) is 48.5 Å². The molecule has 0 saturated carbocycles. The lowest BCUT2D eigenvalue weighted by Crippen LogP contribution is -2.43. The second-order valence-electron chi connectivity index (χ2n) is 8.34. The standard InChI is InChI=1S/C25H28ClNO4S/c1-25(2,27-17-24(28)19-5-4-6-20(26)15-19)16-18-7-11-22(12-8-18)32(29,30)23-13-9-21(31-3)10-14-23/h4-15,24,27-28H,16-17H2,1-3H3/t24-/m0/s1. The predicted molar refractivity (Wildman–Crippen MR) is 127 cm³/mol. The molecule has 0 unspecified atom stereocenters. The third-order valence-electron chi connectivity index (χ3n) is 5.26. The number of halogens is 1. The molecule has 0 spiro atoms. The predicted octanol–water partition coefficient (Wildman–Crippen LogP) is 4.83. The first-order chi connectivity index (χ1) is 15.1. The number of benzene rings is 3. The van der Waals surface area contributed by atoms with Crippen LogP contribution in [-0.2, 0) is 16.3 Å². The molecule has 0 aromatic heterocycles. The summed E-state index contributed by atoms with van der Waals surface area (Å²) in [7, 11) is -2.06. The number of β-amino-alcohol motifs (C(OH)–C–C–N with tert-alkyl or cyclic N) is 1. The number of rotatable bonds is 9. The Labute approximate surface area is 194 Å². The fraction of sp³-hybridized carbons (Fsp3) is 0.280. The molecule has 0 fully saturated rings. The quantitative estimate of drug-likeness (QED) is 0.465. The van der Waals surface area contributed by atoms with Crippen molar-refractivity contribution in [2.45, 2.75) is 41.7 Å². The molecular weight excluding hydrogens is 446 g/mol. The molecule has 3 rings (SSSR count). The molecule has 7 heteroatoms. The van der Waals surface area contributed by atoms with Crippen LogP contribution in [0.25, 0.3) is 0 Å². The van der Waals surface area contributed by atoms with Crippen LogP contribution in [0.1, 0.15) is 31.1 Å². The zero-order valence-corrected chi connectivity index (χ0v) is 20.0. The molecule has 5 nitrogen and oxygen atoms in total. The van der Waals surface area contributed by atoms with Crippen molar-refractivity contribution in [3.8, 4) is 5.75 Å². The molecule has 0 amide bonds. The van der Waals surface area contributed by atoms with E-state index in [-0.39, 0.29) is 15.3 Å². The van der Waals surface area contributed by atoms with Crippen LogP contribution in [0.4, 0.5) is 0 Å². The summed E-state index contributed by atoms with van der Waals surface area (Å²) in [5.41, 5.74) is 1.44. The van der Waals surface area contributed by atoms with Crippen LogP contribution in [0.15, 0.2) is 82.6 Å². The highest BCUT2D eigenvalue weighted by molar-refractivity contribution is 7.91. The molecule has 0 heterocycles. The Bertz CT molecular complexity index is 1140. The second-order valence-corrected chi connectivity index (χ2v) is 10.7. The van der Waals surface area contributed by atoms with Crippen molar-refractivity contribution in [3.05, 3.63) is 88.9 Å². The molecule has 0 bridgehead atoms. The molecule has 0 aliphatic rings. The molecular formula is C25H28ClNO4S. The van der Waals surface area contributed by atoms with Crippen molar-refractivity contribution in [2.24, 2.45) is 0 Å². The van der Waals surface area contributed by atoms with Gasteiger partial charge in [-0.2, -0.15) is 0 Å². The van der Waals surface area contributed by atoms with Gasteiger partial charge in [0.15, 0.2) is 0 Å². The zero-order chi connectivity index (χ0) is 23.4. The fourth-order valence-electron chi connectivity index (χ4n) is 3.45. The van der Waals surface area contributed by atoms with Gasteiger partial charge in [0.25, 0.3) is 0 Å². The summed E-state index contributed by atoms with van der Waals surface area (Å²) in [6, 6.07) is 20.4. The van der Waals surface area contributed by atoms with Gasteiger partial charge in [-0.3, -0.25) is 0 Å². The summed E-state index contributed by atoms with van der Waals surface area (Å²) < 4.78 is 30.8. The lowest BCUT2D eigenvalue weighted by molar-refractivity contribution is 0.160. The Hall–Kier alpha value is -2.38. The molecule has 0 aliphatic carbocycles. The molecule has 2 N–H and O–H groups in total. The van der Waals surface area contributed by atoms with Crippen molar-refractivity contribution in [2.75, 3.05) is 13.7 Å². The second kappa shape index (κ2) is 10.0. The Morgan fingerprint density at radius 1 is 1.00 bits per heavy atom. The Morgan fingerprint density at radius 2 is 1.59 bits per heavy atom. The van der Waals surface area contributed by atoms with Crippen LogP contribution in [-0.4, -0.2) is 32.7 Å². The number of ether oxygens (including phenoxy) is 1. The normalized spacial score (nSPS) is 13.0. The van der Waals surface area contributed by atoms with E-state index in [1.165, 1.54) is 7.11 Å². The first-order valence-electron chi connectivity index (χ1n) is 10.3. The monoisotopic (exact) mass is 473 g/mol. The Kier molecular flexibility index (Phi) is 7.62. The summed E-state index contributed by atoms with van der Waals surface area (Å²) in [6.07, 6.45) is -0.0111. The average molecular weight is 474 g/mol. The van der Waals surface area contributed by atoms with Gasteiger partial charge in [-0.15, -0.1) is 0 Å². The van der Waals surface area contributed by atoms with Crippen molar-refractivity contribution >= 4 is 21.4 Å². The van der Waals surface area contributed by atoms with Gasteiger partial charge in [0.05, 0.1) is 23.0 Å². The molecule has 0 aliphatic heterocycles. The number of nitrogens with one attached hydrogen (secondary N) is 1. The molecule has 0 radical (unpaired) electrons. The van der Waals surface area contributed by atoms with Crippen molar-refractivity contribution in [1.29, 1.82) is 0 Å². The van der Waals surface area contributed by atoms with Crippen LogP contribution >= 0.6 is 11.6 Å². The van der Waals surface area contributed by atoms with Crippen molar-refractivity contribution < 1.29 is 18.3 Å². The third kappa shape index (κ3) is 6.11. The van der Waals surface area contributed by atoms with Crippen LogP contribution in [0, 0.1) is 0 Å². The van der Waals surface area contributed by atoms with E-state index in [9.17, 15) is 13.5 Å². The van der Waals surface area contributed by atoms with Crippen LogP contribution < -0.4 is 10.1 Å². The summed E-state index contributed by atoms with van der Waals surface area (Å²) >= 11 is 6.00. The van der Waals surface area contributed by atoms with Gasteiger partial charge in [-0.05, 0) is 79.9 Å². The van der Waals surface area contributed by atoms with Gasteiger partial charge in [0.1, 0.15) is 5.75 Å². The Morgan fingerprint density at radius 3 is 2.16 bits per heavy atom. The molecule has 3 aromatic rings. The van der Waals surface area contributed by atoms with Gasteiger partial charge in [-0.25, -0.2) is 8.42 Å². The summed E-state index contributed by atoms with van der Waals surface area (Å²) in [4.78, 5) is 0.469. The van der Waals surface area contributed by atoms with Gasteiger partial charge in [0.2, 0.25) is 9.84 Å². The topological polar surface area (TPSA) is 75.6 Å². The van der Waals surface area contributed by atoms with E-state index >= 15 is 0 Å². The highest BCUT2D eigenvalue weighted by Crippen LogP contribution is 2.24. The number of hydrogen-bond acceptors (Lipinski definition) is 5. The number of hydrogen-bond donors (Lipinski definition) is 2. The van der Waals surface area contributed by atoms with Gasteiger partial charge >= 0.3 is 0 Å². The van der Waals surface area contributed by atoms with Crippen molar-refractivity contribution in [3.63, 3.8) is 0 Å². The van der Waals surface area contributed by atoms with Crippen LogP contribution in [0.2, 0.25) is 5.02 Å². The van der Waals surface area contributed by atoms with Gasteiger partial charge < -0.3 is 15.2 Å². The highest BCUT2D eigenvalue weighted by Gasteiger charge is 2.21. The average Bonchev–Trinajstić information content (AvgIpc) is 2.77. The summed E-state index contributed by atoms with van der Waals surface area (Å²) in [5.74, 6) is 0.606. The minimum atomic E-state index is -3.60. The van der Waals surface area contributed by atoms with Crippen molar-refractivity contribution in [1.82, 2.24) is 5.32 Å². The molecule has 3 aromatic carbocycles. The van der Waals surface area contributed by atoms with Gasteiger partial charge in [0, 0.05) is 17.1 Å². The summed E-state index contributed by atoms with van der Waals surface area (Å²) in [6.45, 7) is 4.46. The molecule has 0 saturated heterocycles. The molecule has 170 valence electrons. The largest absolute Gasteiger partial charge is 0.497 e. The minimum Gasteiger partial charge on any atom is -0.497 e. The van der Waals surface area contributed by atoms with E-state index < -0.39 is 15.9 Å². The highest BCUT2D eigenvalue weighted by atomic mass is 35.5. The van der Waals surface area contributed by atoms with Crippen LogP contribution in [0.5, 0.6) is 5.75 Å². The first-order valence-corrected chi connectivity index (χ1v) is 12.1. The maximum Gasteiger partial charge on any atom is 0.206 e. The minimum absolute atomic E-state index is 0.225. The first kappa shape index (κ1) is 24.3. The number of sulfone groups is 1.